The molecular weight excluding hydrogens is 776 g/mol. The van der Waals surface area contributed by atoms with Gasteiger partial charge in [-0.3, -0.25) is 9.59 Å². The predicted molar refractivity (Wildman–Crippen MR) is 204 cm³/mol. The highest BCUT2D eigenvalue weighted by Crippen LogP contribution is 2.64. The lowest BCUT2D eigenvalue weighted by Crippen LogP contribution is -2.81. The minimum absolute atomic E-state index is 0.0277. The number of carbonyl (C=O) groups is 5. The van der Waals surface area contributed by atoms with E-state index in [1.54, 1.807) is 39.0 Å². The molecule has 326 valence electrons. The Morgan fingerprint density at radius 1 is 0.983 bits per heavy atom. The highest BCUT2D eigenvalue weighted by molar-refractivity contribution is 5.94. The summed E-state index contributed by atoms with van der Waals surface area (Å²) >= 11 is 0. The number of amides is 1. The number of alkyl halides is 2. The van der Waals surface area contributed by atoms with Crippen molar-refractivity contribution in [2.75, 3.05) is 6.61 Å². The van der Waals surface area contributed by atoms with Gasteiger partial charge in [-0.1, -0.05) is 51.3 Å². The van der Waals surface area contributed by atoms with Crippen LogP contribution in [0.3, 0.4) is 0 Å². The first-order valence-corrected chi connectivity index (χ1v) is 20.3. The number of ketones is 1. The van der Waals surface area contributed by atoms with Gasteiger partial charge in [0.25, 0.3) is 0 Å². The molecule has 6 rings (SSSR count). The number of fused-ring (bicyclic) bond motifs is 5. The molecule has 14 nitrogen and oxygen atoms in total. The lowest BCUT2D eigenvalue weighted by Gasteiger charge is -2.67. The van der Waals surface area contributed by atoms with E-state index in [2.05, 4.69) is 5.32 Å². The molecule has 4 N–H and O–H groups in total. The molecule has 59 heavy (non-hydrogen) atoms. The molecule has 4 fully saturated rings. The number of alkyl carbamates (subject to hydrolysis) is 1. The third-order valence-corrected chi connectivity index (χ3v) is 13.6. The first-order chi connectivity index (χ1) is 27.3. The Labute approximate surface area is 342 Å². The molecular formula is C43H57F2NO13. The number of carbonyl (C=O) groups excluding carboxylic acids is 5. The Morgan fingerprint density at radius 2 is 1.61 bits per heavy atom. The number of esters is 3. The van der Waals surface area contributed by atoms with E-state index in [1.165, 1.54) is 39.8 Å². The van der Waals surface area contributed by atoms with Crippen LogP contribution >= 0.6 is 0 Å². The SMILES string of the molecule is CC(=O)O[C@@]12CO[C@@H]1C[C@H](O)[C@@]1(C)C(=O)[C@H](O)C3=C(C)[C@@H](OC(=O)C(F)(F)[C@H](NC(=O)OC(C)(C)C)C4CCCCC4)C[C@@](O)([C@@H](OC(=O)c4ccccc4)[C@H]21)C3(C)C. The maximum absolute atomic E-state index is 16.7. The molecule has 2 bridgehead atoms. The van der Waals surface area contributed by atoms with E-state index in [0.717, 1.165) is 13.3 Å². The van der Waals surface area contributed by atoms with E-state index in [0.29, 0.717) is 12.8 Å². The molecule has 1 heterocycles. The maximum Gasteiger partial charge on any atom is 0.408 e. The zero-order valence-electron chi connectivity index (χ0n) is 34.8. The predicted octanol–water partition coefficient (Wildman–Crippen LogP) is 4.74. The lowest BCUT2D eigenvalue weighted by molar-refractivity contribution is -0.346. The monoisotopic (exact) mass is 833 g/mol. The summed E-state index contributed by atoms with van der Waals surface area (Å²) in [7, 11) is 0. The Hall–Kier alpha value is -3.99. The molecule has 1 saturated heterocycles. The average molecular weight is 834 g/mol. The summed E-state index contributed by atoms with van der Waals surface area (Å²) in [6.45, 7) is 11.1. The molecule has 1 aromatic carbocycles. The van der Waals surface area contributed by atoms with Crippen molar-refractivity contribution in [3.05, 3.63) is 47.0 Å². The minimum Gasteiger partial charge on any atom is -0.455 e. The summed E-state index contributed by atoms with van der Waals surface area (Å²) in [5, 5.41) is 39.6. The summed E-state index contributed by atoms with van der Waals surface area (Å²) in [6, 6.07) is 5.63. The van der Waals surface area contributed by atoms with Gasteiger partial charge in [-0.2, -0.15) is 8.78 Å². The fourth-order valence-corrected chi connectivity index (χ4v) is 10.5. The van der Waals surface area contributed by atoms with E-state index >= 15 is 8.78 Å². The average Bonchev–Trinajstić information content (AvgIpc) is 3.15. The second-order valence-electron chi connectivity index (χ2n) is 18.7. The number of rotatable bonds is 8. The summed E-state index contributed by atoms with van der Waals surface area (Å²) in [5.41, 5.74) is -9.36. The summed E-state index contributed by atoms with van der Waals surface area (Å²) in [4.78, 5) is 68.8. The van der Waals surface area contributed by atoms with Crippen molar-refractivity contribution in [3.63, 3.8) is 0 Å². The second kappa shape index (κ2) is 15.5. The van der Waals surface area contributed by atoms with Crippen LogP contribution in [0.4, 0.5) is 13.6 Å². The molecule has 4 aliphatic carbocycles. The topological polar surface area (TPSA) is 204 Å². The molecule has 3 saturated carbocycles. The molecule has 0 radical (unpaired) electrons. The van der Waals surface area contributed by atoms with E-state index in [4.69, 9.17) is 23.7 Å². The Kier molecular flexibility index (Phi) is 11.7. The van der Waals surface area contributed by atoms with Crippen molar-refractivity contribution >= 4 is 29.8 Å². The number of ether oxygens (including phenoxy) is 5. The normalized spacial score (nSPS) is 35.0. The van der Waals surface area contributed by atoms with Crippen LogP contribution in [-0.2, 0) is 38.1 Å². The third kappa shape index (κ3) is 7.45. The van der Waals surface area contributed by atoms with Gasteiger partial charge in [-0.25, -0.2) is 14.4 Å². The van der Waals surface area contributed by atoms with Gasteiger partial charge in [0.1, 0.15) is 41.7 Å². The van der Waals surface area contributed by atoms with Crippen molar-refractivity contribution in [2.24, 2.45) is 22.7 Å². The van der Waals surface area contributed by atoms with E-state index in [1.807, 2.05) is 0 Å². The highest BCUT2D eigenvalue weighted by atomic mass is 19.3. The van der Waals surface area contributed by atoms with Crippen molar-refractivity contribution in [3.8, 4) is 0 Å². The number of Topliss-reactive ketones (excluding diaryl/α,β-unsaturated/α-hetero) is 1. The first-order valence-electron chi connectivity index (χ1n) is 20.3. The fourth-order valence-electron chi connectivity index (χ4n) is 10.5. The van der Waals surface area contributed by atoms with Crippen LogP contribution in [0.1, 0.15) is 111 Å². The molecule has 0 unspecified atom stereocenters. The second-order valence-corrected chi connectivity index (χ2v) is 18.7. The Balaban J connectivity index is 1.49. The number of aliphatic hydroxyl groups excluding tert-OH is 2. The van der Waals surface area contributed by atoms with Gasteiger partial charge in [-0.05, 0) is 76.7 Å². The lowest BCUT2D eigenvalue weighted by atomic mass is 9.44. The van der Waals surface area contributed by atoms with Crippen molar-refractivity contribution in [2.45, 2.75) is 160 Å². The van der Waals surface area contributed by atoms with E-state index < -0.39 is 118 Å². The molecule has 1 aromatic rings. The number of halogens is 2. The van der Waals surface area contributed by atoms with Gasteiger partial charge in [-0.15, -0.1) is 0 Å². The summed E-state index contributed by atoms with van der Waals surface area (Å²) in [6.07, 6.45) is -7.99. The van der Waals surface area contributed by atoms with Gasteiger partial charge in [0.15, 0.2) is 11.4 Å². The van der Waals surface area contributed by atoms with Crippen molar-refractivity contribution in [1.82, 2.24) is 5.32 Å². The van der Waals surface area contributed by atoms with Crippen LogP contribution in [0.15, 0.2) is 41.5 Å². The zero-order chi connectivity index (χ0) is 43.7. The number of benzene rings is 1. The quantitative estimate of drug-likeness (QED) is 0.159. The molecule has 0 spiro atoms. The molecule has 1 aliphatic heterocycles. The van der Waals surface area contributed by atoms with Crippen LogP contribution in [0, 0.1) is 22.7 Å². The third-order valence-electron chi connectivity index (χ3n) is 13.6. The number of hydrogen-bond donors (Lipinski definition) is 4. The molecule has 1 amide bonds. The van der Waals surface area contributed by atoms with E-state index in [-0.39, 0.29) is 42.6 Å². The standard InChI is InChI=1S/C43H57F2NO13/c1-22-26(56-36(52)43(44,45)32(24-15-11-9-12-16-24)46-37(53)59-38(3,4)5)20-42(54)34(57-35(51)25-17-13-10-14-18-25)31-40(8,33(50)30(49)29(22)39(42,6)7)27(48)19-28-41(31,21-55-28)58-23(2)47/h10,13-14,17-18,24,26-28,30-32,34,48-49,54H,9,11-12,15-16,19-21H2,1-8H3,(H,46,53)/t26-,27-,28+,30+,31-,32+,34-,40+,41-,42+/m0/s1. The Bertz CT molecular complexity index is 1870. The van der Waals surface area contributed by atoms with Gasteiger partial charge < -0.3 is 44.3 Å². The minimum atomic E-state index is -4.35. The summed E-state index contributed by atoms with van der Waals surface area (Å²) < 4.78 is 62.4. The largest absolute Gasteiger partial charge is 0.455 e. The maximum atomic E-state index is 16.7. The Morgan fingerprint density at radius 3 is 2.17 bits per heavy atom. The van der Waals surface area contributed by atoms with Crippen LogP contribution in [0.5, 0.6) is 0 Å². The van der Waals surface area contributed by atoms with Gasteiger partial charge in [0, 0.05) is 25.2 Å². The van der Waals surface area contributed by atoms with Crippen LogP contribution < -0.4 is 5.32 Å². The van der Waals surface area contributed by atoms with Crippen molar-refractivity contribution < 1.29 is 71.8 Å². The highest BCUT2D eigenvalue weighted by Gasteiger charge is 2.78. The summed E-state index contributed by atoms with van der Waals surface area (Å²) in [5.74, 6) is -11.6. The van der Waals surface area contributed by atoms with Crippen LogP contribution in [0.25, 0.3) is 0 Å². The number of hydrogen-bond acceptors (Lipinski definition) is 13. The number of aliphatic hydroxyl groups is 3. The smallest absolute Gasteiger partial charge is 0.408 e. The first kappa shape index (κ1) is 44.6. The van der Waals surface area contributed by atoms with Gasteiger partial charge in [0.05, 0.1) is 29.6 Å². The molecule has 0 aromatic heterocycles. The van der Waals surface area contributed by atoms with E-state index in [9.17, 15) is 39.3 Å². The van der Waals surface area contributed by atoms with Gasteiger partial charge >= 0.3 is 29.9 Å². The van der Waals surface area contributed by atoms with Crippen LogP contribution in [0.2, 0.25) is 0 Å². The zero-order valence-corrected chi connectivity index (χ0v) is 34.8. The van der Waals surface area contributed by atoms with Gasteiger partial charge in [0.2, 0.25) is 0 Å². The molecule has 16 heteroatoms. The van der Waals surface area contributed by atoms with Crippen molar-refractivity contribution in [1.29, 1.82) is 0 Å². The molecule has 5 aliphatic rings. The number of nitrogens with one attached hydrogen (secondary N) is 1. The fraction of sp³-hybridized carbons (Fsp3) is 0.698. The molecule has 10 atom stereocenters. The van der Waals surface area contributed by atoms with Crippen LogP contribution in [-0.4, -0.2) is 111 Å².